The lowest BCUT2D eigenvalue weighted by Crippen LogP contribution is -1.99. The highest BCUT2D eigenvalue weighted by atomic mass is 14.2. The summed E-state index contributed by atoms with van der Waals surface area (Å²) in [6.45, 7) is 13.0. The standard InChI is InChI=1S/C16H24/c1-6-12(4)15-10-9-14(8-3)16(11-15)13(5)7-2/h8-13H,3,6-7H2,1-2,4-5H3. The zero-order valence-electron chi connectivity index (χ0n) is 11.1. The van der Waals surface area contributed by atoms with Crippen molar-refractivity contribution in [2.75, 3.05) is 0 Å². The monoisotopic (exact) mass is 216 g/mol. The first-order valence-electron chi connectivity index (χ1n) is 6.40. The summed E-state index contributed by atoms with van der Waals surface area (Å²) >= 11 is 0. The first kappa shape index (κ1) is 13.0. The highest BCUT2D eigenvalue weighted by Crippen LogP contribution is 2.28. The Morgan fingerprint density at radius 1 is 1.12 bits per heavy atom. The van der Waals surface area contributed by atoms with Crippen LogP contribution < -0.4 is 0 Å². The lowest BCUT2D eigenvalue weighted by atomic mass is 9.88. The fraction of sp³-hybridized carbons (Fsp3) is 0.500. The molecule has 0 spiro atoms. The summed E-state index contributed by atoms with van der Waals surface area (Å²) in [5, 5.41) is 0. The van der Waals surface area contributed by atoms with Gasteiger partial charge in [-0.25, -0.2) is 0 Å². The van der Waals surface area contributed by atoms with Gasteiger partial charge in [-0.1, -0.05) is 58.5 Å². The molecule has 0 heterocycles. The fourth-order valence-electron chi connectivity index (χ4n) is 1.97. The maximum Gasteiger partial charge on any atom is -0.0187 e. The minimum atomic E-state index is 0.622. The van der Waals surface area contributed by atoms with Crippen molar-refractivity contribution in [2.24, 2.45) is 0 Å². The number of hydrogen-bond acceptors (Lipinski definition) is 0. The Morgan fingerprint density at radius 2 is 1.75 bits per heavy atom. The van der Waals surface area contributed by atoms with Crippen molar-refractivity contribution in [1.82, 2.24) is 0 Å². The first-order chi connectivity index (χ1) is 7.63. The van der Waals surface area contributed by atoms with Gasteiger partial charge in [-0.05, 0) is 41.4 Å². The number of benzene rings is 1. The van der Waals surface area contributed by atoms with Gasteiger partial charge in [0.2, 0.25) is 0 Å². The van der Waals surface area contributed by atoms with Crippen LogP contribution in [0.15, 0.2) is 24.8 Å². The average Bonchev–Trinajstić information content (AvgIpc) is 2.35. The normalized spacial score (nSPS) is 14.5. The van der Waals surface area contributed by atoms with Crippen molar-refractivity contribution in [3.63, 3.8) is 0 Å². The molecule has 1 rings (SSSR count). The molecule has 16 heavy (non-hydrogen) atoms. The Hall–Kier alpha value is -1.04. The molecule has 0 heteroatoms. The Bertz CT molecular complexity index is 349. The van der Waals surface area contributed by atoms with Crippen LogP contribution in [0.3, 0.4) is 0 Å². The van der Waals surface area contributed by atoms with Crippen LogP contribution in [0.2, 0.25) is 0 Å². The van der Waals surface area contributed by atoms with Crippen LogP contribution in [0.1, 0.15) is 69.1 Å². The Kier molecular flexibility index (Phi) is 4.79. The lowest BCUT2D eigenvalue weighted by molar-refractivity contribution is 0.710. The van der Waals surface area contributed by atoms with Crippen molar-refractivity contribution in [3.05, 3.63) is 41.5 Å². The molecule has 0 nitrogen and oxygen atoms in total. The van der Waals surface area contributed by atoms with E-state index in [1.807, 2.05) is 6.08 Å². The van der Waals surface area contributed by atoms with Gasteiger partial charge >= 0.3 is 0 Å². The second-order valence-corrected chi connectivity index (χ2v) is 4.71. The molecule has 1 aromatic carbocycles. The van der Waals surface area contributed by atoms with Crippen molar-refractivity contribution in [3.8, 4) is 0 Å². The van der Waals surface area contributed by atoms with E-state index < -0.39 is 0 Å². The van der Waals surface area contributed by atoms with Crippen LogP contribution in [-0.4, -0.2) is 0 Å². The molecule has 0 saturated carbocycles. The quantitative estimate of drug-likeness (QED) is 0.622. The molecule has 0 aliphatic heterocycles. The van der Waals surface area contributed by atoms with Crippen molar-refractivity contribution in [1.29, 1.82) is 0 Å². The van der Waals surface area contributed by atoms with E-state index in [1.165, 1.54) is 29.5 Å². The highest BCUT2D eigenvalue weighted by Gasteiger charge is 2.10. The molecular formula is C16H24. The average molecular weight is 216 g/mol. The Morgan fingerprint density at radius 3 is 2.25 bits per heavy atom. The van der Waals surface area contributed by atoms with E-state index in [4.69, 9.17) is 0 Å². The molecule has 0 saturated heterocycles. The molecule has 0 fully saturated rings. The van der Waals surface area contributed by atoms with Crippen LogP contribution in [0.5, 0.6) is 0 Å². The van der Waals surface area contributed by atoms with Gasteiger partial charge in [0.1, 0.15) is 0 Å². The summed E-state index contributed by atoms with van der Waals surface area (Å²) in [5.41, 5.74) is 4.21. The summed E-state index contributed by atoms with van der Waals surface area (Å²) in [6, 6.07) is 6.84. The Balaban J connectivity index is 3.15. The van der Waals surface area contributed by atoms with E-state index in [0.29, 0.717) is 11.8 Å². The molecule has 0 aliphatic rings. The van der Waals surface area contributed by atoms with Gasteiger partial charge in [-0.15, -0.1) is 0 Å². The first-order valence-corrected chi connectivity index (χ1v) is 6.40. The van der Waals surface area contributed by atoms with Gasteiger partial charge in [0.15, 0.2) is 0 Å². The third-order valence-electron chi connectivity index (χ3n) is 3.66. The number of hydrogen-bond donors (Lipinski definition) is 0. The Labute approximate surface area is 100 Å². The van der Waals surface area contributed by atoms with E-state index >= 15 is 0 Å². The summed E-state index contributed by atoms with van der Waals surface area (Å²) in [6.07, 6.45) is 4.36. The predicted molar refractivity (Wildman–Crippen MR) is 73.9 cm³/mol. The van der Waals surface area contributed by atoms with Crippen LogP contribution in [0.4, 0.5) is 0 Å². The summed E-state index contributed by atoms with van der Waals surface area (Å²) in [7, 11) is 0. The molecule has 0 aliphatic carbocycles. The summed E-state index contributed by atoms with van der Waals surface area (Å²) in [5.74, 6) is 1.28. The van der Waals surface area contributed by atoms with Gasteiger partial charge in [-0.3, -0.25) is 0 Å². The zero-order chi connectivity index (χ0) is 12.1. The lowest BCUT2D eigenvalue weighted by Gasteiger charge is -2.17. The zero-order valence-corrected chi connectivity index (χ0v) is 11.1. The minimum absolute atomic E-state index is 0.622. The number of rotatable bonds is 5. The SMILES string of the molecule is C=Cc1ccc(C(C)CC)cc1C(C)CC. The molecular weight excluding hydrogens is 192 g/mol. The van der Waals surface area contributed by atoms with Crippen LogP contribution in [0, 0.1) is 0 Å². The van der Waals surface area contributed by atoms with E-state index in [-0.39, 0.29) is 0 Å². The maximum absolute atomic E-state index is 3.90. The van der Waals surface area contributed by atoms with E-state index in [2.05, 4.69) is 52.5 Å². The van der Waals surface area contributed by atoms with Crippen LogP contribution in [-0.2, 0) is 0 Å². The van der Waals surface area contributed by atoms with Crippen LogP contribution in [0.25, 0.3) is 6.08 Å². The molecule has 88 valence electrons. The second kappa shape index (κ2) is 5.89. The minimum Gasteiger partial charge on any atom is -0.0985 e. The van der Waals surface area contributed by atoms with Crippen LogP contribution >= 0.6 is 0 Å². The predicted octanol–water partition coefficient (Wildman–Crippen LogP) is 5.36. The summed E-state index contributed by atoms with van der Waals surface area (Å²) in [4.78, 5) is 0. The van der Waals surface area contributed by atoms with Gasteiger partial charge in [-0.2, -0.15) is 0 Å². The molecule has 2 atom stereocenters. The van der Waals surface area contributed by atoms with Gasteiger partial charge in [0.25, 0.3) is 0 Å². The van der Waals surface area contributed by atoms with Crippen molar-refractivity contribution < 1.29 is 0 Å². The summed E-state index contributed by atoms with van der Waals surface area (Å²) < 4.78 is 0. The van der Waals surface area contributed by atoms with E-state index in [9.17, 15) is 0 Å². The molecule has 0 bridgehead atoms. The third kappa shape index (κ3) is 2.75. The van der Waals surface area contributed by atoms with E-state index in [0.717, 1.165) is 0 Å². The molecule has 2 unspecified atom stereocenters. The molecule has 0 aromatic heterocycles. The highest BCUT2D eigenvalue weighted by molar-refractivity contribution is 5.54. The van der Waals surface area contributed by atoms with Crippen molar-refractivity contribution >= 4 is 6.08 Å². The van der Waals surface area contributed by atoms with E-state index in [1.54, 1.807) is 0 Å². The maximum atomic E-state index is 3.90. The van der Waals surface area contributed by atoms with Gasteiger partial charge < -0.3 is 0 Å². The second-order valence-electron chi connectivity index (χ2n) is 4.71. The molecule has 1 aromatic rings. The van der Waals surface area contributed by atoms with Gasteiger partial charge in [0, 0.05) is 0 Å². The smallest absolute Gasteiger partial charge is 0.0187 e. The topological polar surface area (TPSA) is 0 Å². The molecule has 0 amide bonds. The third-order valence-corrected chi connectivity index (χ3v) is 3.66. The molecule has 0 N–H and O–H groups in total. The fourth-order valence-corrected chi connectivity index (χ4v) is 1.97. The molecule has 0 radical (unpaired) electrons. The largest absolute Gasteiger partial charge is 0.0985 e. The van der Waals surface area contributed by atoms with Gasteiger partial charge in [0.05, 0.1) is 0 Å². The van der Waals surface area contributed by atoms with Crippen molar-refractivity contribution in [2.45, 2.75) is 52.4 Å².